The molecule has 0 aromatic carbocycles. The predicted octanol–water partition coefficient (Wildman–Crippen LogP) is 1.81. The van der Waals surface area contributed by atoms with Gasteiger partial charge in [0.25, 0.3) is 0 Å². The molecule has 2 fully saturated rings. The van der Waals surface area contributed by atoms with E-state index in [1.807, 2.05) is 14.1 Å². The van der Waals surface area contributed by atoms with Gasteiger partial charge >= 0.3 is 6.18 Å². The van der Waals surface area contributed by atoms with Crippen molar-refractivity contribution in [3.63, 3.8) is 0 Å². The quantitative estimate of drug-likeness (QED) is 0.854. The number of halogens is 3. The molecule has 2 aliphatic rings. The number of nitrogens with zero attached hydrogens (tertiary/aromatic N) is 4. The zero-order valence-electron chi connectivity index (χ0n) is 15.0. The number of alkyl halides is 3. The van der Waals surface area contributed by atoms with Crippen LogP contribution in [0.4, 0.5) is 13.2 Å². The third-order valence-electron chi connectivity index (χ3n) is 5.49. The van der Waals surface area contributed by atoms with Crippen molar-refractivity contribution in [1.82, 2.24) is 19.4 Å². The van der Waals surface area contributed by atoms with Crippen molar-refractivity contribution in [1.29, 1.82) is 0 Å². The number of imidazole rings is 1. The largest absolute Gasteiger partial charge is 0.406 e. The maximum atomic E-state index is 12.6. The van der Waals surface area contributed by atoms with Gasteiger partial charge in [-0.1, -0.05) is 0 Å². The summed E-state index contributed by atoms with van der Waals surface area (Å²) in [5.41, 5.74) is 0.136. The monoisotopic (exact) mass is 374 g/mol. The Hall–Kier alpha value is -1.61. The van der Waals surface area contributed by atoms with E-state index in [1.165, 1.54) is 6.20 Å². The number of carbonyl (C=O) groups excluding carboxylic acids is 1. The molecule has 3 unspecified atom stereocenters. The number of amides is 1. The lowest BCUT2D eigenvalue weighted by Crippen LogP contribution is -2.43. The molecule has 2 heterocycles. The first-order valence-electron chi connectivity index (χ1n) is 8.81. The molecule has 3 atom stereocenters. The Kier molecular flexibility index (Phi) is 5.04. The smallest absolute Gasteiger partial charge is 0.385 e. The summed E-state index contributed by atoms with van der Waals surface area (Å²) in [4.78, 5) is 20.3. The first-order valence-corrected chi connectivity index (χ1v) is 8.81. The first-order chi connectivity index (χ1) is 12.1. The van der Waals surface area contributed by atoms with Crippen molar-refractivity contribution in [3.8, 4) is 0 Å². The van der Waals surface area contributed by atoms with E-state index in [2.05, 4.69) is 9.88 Å². The van der Waals surface area contributed by atoms with E-state index < -0.39 is 18.8 Å². The Bertz CT molecular complexity index is 661. The molecular formula is C17H25F3N4O2. The summed E-state index contributed by atoms with van der Waals surface area (Å²) in [6.45, 7) is 0.0494. The van der Waals surface area contributed by atoms with E-state index in [1.54, 1.807) is 4.90 Å². The van der Waals surface area contributed by atoms with Gasteiger partial charge in [0.05, 0.1) is 6.42 Å². The van der Waals surface area contributed by atoms with Crippen LogP contribution in [0.3, 0.4) is 0 Å². The molecular weight excluding hydrogens is 349 g/mol. The van der Waals surface area contributed by atoms with Crippen LogP contribution < -0.4 is 0 Å². The molecule has 1 aliphatic heterocycles. The van der Waals surface area contributed by atoms with Crippen molar-refractivity contribution in [2.24, 2.45) is 5.41 Å². The average molecular weight is 374 g/mol. The molecule has 0 radical (unpaired) electrons. The molecule has 1 aliphatic carbocycles. The summed E-state index contributed by atoms with van der Waals surface area (Å²) < 4.78 is 38.6. The van der Waals surface area contributed by atoms with Crippen LogP contribution in [0.15, 0.2) is 12.4 Å². The molecule has 1 saturated carbocycles. The summed E-state index contributed by atoms with van der Waals surface area (Å²) in [5.74, 6) is -0.359. The van der Waals surface area contributed by atoms with Crippen LogP contribution in [0.5, 0.6) is 0 Å². The Labute approximate surface area is 150 Å². The highest BCUT2D eigenvalue weighted by molar-refractivity contribution is 5.77. The average Bonchev–Trinajstić information content (AvgIpc) is 3.02. The highest BCUT2D eigenvalue weighted by atomic mass is 19.4. The highest BCUT2D eigenvalue weighted by Gasteiger charge is 2.57. The van der Waals surface area contributed by atoms with Gasteiger partial charge in [-0.25, -0.2) is 4.98 Å². The lowest BCUT2D eigenvalue weighted by Gasteiger charge is -2.35. The number of rotatable bonds is 5. The molecule has 3 rings (SSSR count). The van der Waals surface area contributed by atoms with Gasteiger partial charge in [-0.3, -0.25) is 4.79 Å². The fraction of sp³-hybridized carbons (Fsp3) is 0.765. The van der Waals surface area contributed by atoms with Crippen molar-refractivity contribution in [2.75, 3.05) is 27.2 Å². The van der Waals surface area contributed by atoms with Gasteiger partial charge in [-0.05, 0) is 33.4 Å². The Morgan fingerprint density at radius 1 is 1.50 bits per heavy atom. The van der Waals surface area contributed by atoms with Gasteiger partial charge in [-0.2, -0.15) is 13.2 Å². The Balaban J connectivity index is 1.61. The number of hydrogen-bond donors (Lipinski definition) is 1. The molecule has 1 saturated heterocycles. The number of likely N-dealkylation sites (tertiary alicyclic amines) is 1. The van der Waals surface area contributed by atoms with Crippen LogP contribution in [0, 0.1) is 5.41 Å². The molecule has 146 valence electrons. The van der Waals surface area contributed by atoms with Crippen LogP contribution in [0.2, 0.25) is 0 Å². The van der Waals surface area contributed by atoms with E-state index in [0.717, 1.165) is 30.0 Å². The fourth-order valence-corrected chi connectivity index (χ4v) is 4.20. The van der Waals surface area contributed by atoms with Gasteiger partial charge in [0.1, 0.15) is 18.5 Å². The minimum atomic E-state index is -4.41. The van der Waals surface area contributed by atoms with E-state index in [0.29, 0.717) is 19.1 Å². The first kappa shape index (κ1) is 19.2. The van der Waals surface area contributed by atoms with Gasteiger partial charge in [0, 0.05) is 36.9 Å². The minimum absolute atomic E-state index is 0.125. The number of hydrogen-bond acceptors (Lipinski definition) is 4. The van der Waals surface area contributed by atoms with Crippen molar-refractivity contribution < 1.29 is 23.1 Å². The summed E-state index contributed by atoms with van der Waals surface area (Å²) in [6.07, 6.45) is -0.588. The molecule has 6 nitrogen and oxygen atoms in total. The number of carbonyl (C=O) groups is 1. The van der Waals surface area contributed by atoms with E-state index in [-0.39, 0.29) is 23.6 Å². The highest BCUT2D eigenvalue weighted by Crippen LogP contribution is 2.54. The number of aliphatic hydroxyl groups excluding tert-OH is 1. The lowest BCUT2D eigenvalue weighted by atomic mass is 9.93. The zero-order valence-corrected chi connectivity index (χ0v) is 15.0. The standard InChI is InChI=1S/C17H25F3N4O2/c1-22(2)13-9-16(13)4-3-6-23(10-16)14(26)8-12(25)15-21-5-7-24(15)11-17(18,19)20/h5,7,12-13,25H,3-4,6,8-11H2,1-2H3. The van der Waals surface area contributed by atoms with Crippen LogP contribution >= 0.6 is 0 Å². The van der Waals surface area contributed by atoms with Crippen molar-refractivity contribution in [3.05, 3.63) is 18.2 Å². The summed E-state index contributed by atoms with van der Waals surface area (Å²) in [5, 5.41) is 10.3. The molecule has 1 aromatic heterocycles. The predicted molar refractivity (Wildman–Crippen MR) is 88.2 cm³/mol. The van der Waals surface area contributed by atoms with Crippen molar-refractivity contribution >= 4 is 5.91 Å². The Morgan fingerprint density at radius 2 is 2.23 bits per heavy atom. The molecule has 0 bridgehead atoms. The summed E-state index contributed by atoms with van der Waals surface area (Å²) >= 11 is 0. The fourth-order valence-electron chi connectivity index (χ4n) is 4.20. The second kappa shape index (κ2) is 6.84. The third kappa shape index (κ3) is 4.03. The molecule has 1 amide bonds. The molecule has 1 N–H and O–H groups in total. The number of aliphatic hydroxyl groups is 1. The van der Waals surface area contributed by atoms with E-state index in [4.69, 9.17) is 0 Å². The SMILES string of the molecule is CN(C)C1CC12CCCN(C(=O)CC(O)c1nccn1CC(F)(F)F)C2. The van der Waals surface area contributed by atoms with Gasteiger partial charge < -0.3 is 19.5 Å². The van der Waals surface area contributed by atoms with Crippen LogP contribution in [0.1, 0.15) is 37.6 Å². The number of aromatic nitrogens is 2. The lowest BCUT2D eigenvalue weighted by molar-refractivity contribution is -0.141. The maximum absolute atomic E-state index is 12.6. The van der Waals surface area contributed by atoms with Gasteiger partial charge in [0.2, 0.25) is 5.91 Å². The second-order valence-corrected chi connectivity index (χ2v) is 7.71. The van der Waals surface area contributed by atoms with Crippen LogP contribution in [-0.2, 0) is 11.3 Å². The molecule has 1 aromatic rings. The third-order valence-corrected chi connectivity index (χ3v) is 5.49. The second-order valence-electron chi connectivity index (χ2n) is 7.71. The zero-order chi connectivity index (χ0) is 19.1. The van der Waals surface area contributed by atoms with Crippen molar-refractivity contribution in [2.45, 2.75) is 50.6 Å². The normalized spacial score (nSPS) is 27.2. The van der Waals surface area contributed by atoms with E-state index >= 15 is 0 Å². The van der Waals surface area contributed by atoms with E-state index in [9.17, 15) is 23.1 Å². The Morgan fingerprint density at radius 3 is 2.85 bits per heavy atom. The summed E-state index contributed by atoms with van der Waals surface area (Å²) in [7, 11) is 4.06. The minimum Gasteiger partial charge on any atom is -0.385 e. The maximum Gasteiger partial charge on any atom is 0.406 e. The molecule has 9 heteroatoms. The molecule has 1 spiro atoms. The number of piperidine rings is 1. The topological polar surface area (TPSA) is 61.6 Å². The van der Waals surface area contributed by atoms with Crippen LogP contribution in [0.25, 0.3) is 0 Å². The van der Waals surface area contributed by atoms with Gasteiger partial charge in [0.15, 0.2) is 0 Å². The summed E-state index contributed by atoms with van der Waals surface area (Å²) in [6, 6.07) is 0.466. The van der Waals surface area contributed by atoms with Gasteiger partial charge in [-0.15, -0.1) is 0 Å². The van der Waals surface area contributed by atoms with Crippen LogP contribution in [-0.4, -0.2) is 69.8 Å². The molecule has 26 heavy (non-hydrogen) atoms.